The van der Waals surface area contributed by atoms with Crippen LogP contribution in [-0.2, 0) is 32.7 Å². The first-order chi connectivity index (χ1) is 4.24. The molecule has 10 heavy (non-hydrogen) atoms. The van der Waals surface area contributed by atoms with E-state index in [1.807, 2.05) is 0 Å². The molecule has 1 aliphatic rings. The largest absolute Gasteiger partial charge is 0.303 e. The third kappa shape index (κ3) is 2.83. The molecule has 1 fully saturated rings. The average Bonchev–Trinajstić information content (AvgIpc) is 2.13. The summed E-state index contributed by atoms with van der Waals surface area (Å²) in [5, 5.41) is 1.76. The molecule has 0 aromatic rings. The van der Waals surface area contributed by atoms with E-state index in [-0.39, 0.29) is 32.7 Å². The molecule has 2 heteroatoms. The topological polar surface area (TPSA) is 0 Å². The van der Waals surface area contributed by atoms with Crippen LogP contribution in [0.15, 0.2) is 0 Å². The van der Waals surface area contributed by atoms with Gasteiger partial charge in [-0.2, -0.15) is 25.1 Å². The Balaban J connectivity index is 0.000000810. The van der Waals surface area contributed by atoms with Crippen molar-refractivity contribution in [1.82, 2.24) is 0 Å². The van der Waals surface area contributed by atoms with Crippen molar-refractivity contribution < 1.29 is 32.7 Å². The predicted octanol–water partition coefficient (Wildman–Crippen LogP) is 2.88. The molecule has 0 aliphatic carbocycles. The number of hydrogen-bond acceptors (Lipinski definition) is 1. The summed E-state index contributed by atoms with van der Waals surface area (Å²) < 4.78 is 0. The maximum absolute atomic E-state index is 2.32. The molecule has 1 rings (SSSR count). The summed E-state index contributed by atoms with van der Waals surface area (Å²) >= 11 is 2.14. The van der Waals surface area contributed by atoms with Crippen LogP contribution in [0.1, 0.15) is 33.6 Å². The summed E-state index contributed by atoms with van der Waals surface area (Å²) in [5.41, 5.74) is 0. The Morgan fingerprint density at radius 2 is 2.20 bits per heavy atom. The number of thioether (sulfide) groups is 1. The van der Waals surface area contributed by atoms with Crippen LogP contribution in [0.5, 0.6) is 0 Å². The van der Waals surface area contributed by atoms with Gasteiger partial charge < -0.3 is 5.92 Å². The van der Waals surface area contributed by atoms with E-state index < -0.39 is 0 Å². The Bertz CT molecular complexity index is 85.3. The van der Waals surface area contributed by atoms with E-state index in [1.165, 1.54) is 12.8 Å². The molecule has 57 valence electrons. The third-order valence-electron chi connectivity index (χ3n) is 2.10. The average molecular weight is 232 g/mol. The van der Waals surface area contributed by atoms with E-state index in [0.717, 1.165) is 10.5 Å². The Hall–Kier alpha value is 1.45. The predicted molar refractivity (Wildman–Crippen MR) is 44.7 cm³/mol. The van der Waals surface area contributed by atoms with Gasteiger partial charge in [-0.15, -0.1) is 5.25 Å². The van der Waals surface area contributed by atoms with Gasteiger partial charge in [0.1, 0.15) is 0 Å². The van der Waals surface area contributed by atoms with E-state index in [1.54, 1.807) is 5.92 Å². The second kappa shape index (κ2) is 5.16. The first-order valence-electron chi connectivity index (χ1n) is 3.71. The molecular weight excluding hydrogens is 217 g/mol. The zero-order chi connectivity index (χ0) is 6.85. The van der Waals surface area contributed by atoms with E-state index in [0.29, 0.717) is 0 Å². The summed E-state index contributed by atoms with van der Waals surface area (Å²) in [4.78, 5) is 0. The summed E-state index contributed by atoms with van der Waals surface area (Å²) in [5.74, 6) is 1.69. The second-order valence-corrected chi connectivity index (χ2v) is 4.50. The van der Waals surface area contributed by atoms with Crippen molar-refractivity contribution in [3.63, 3.8) is 0 Å². The fraction of sp³-hybridized carbons (Fsp3) is 0.875. The zero-order valence-electron chi connectivity index (χ0n) is 7.05. The normalized spacial score (nSPS) is 33.9. The monoisotopic (exact) mass is 232 g/mol. The standard InChI is InChI=1S/C8H15S.Y/c1-4-8-5-6(2)7(3)9-8;/h7-8H,4-5H2,1-3H3;/q-1;/t7?,8-;/m1./s1. The van der Waals surface area contributed by atoms with Gasteiger partial charge in [0.2, 0.25) is 0 Å². The molecule has 0 bridgehead atoms. The van der Waals surface area contributed by atoms with Gasteiger partial charge in [-0.1, -0.05) is 13.8 Å². The van der Waals surface area contributed by atoms with E-state index in [9.17, 15) is 0 Å². The SMILES string of the molecule is CC[C@@H]1C[C-](C)C(C)S1.[Y]. The molecule has 1 saturated heterocycles. The summed E-state index contributed by atoms with van der Waals surface area (Å²) in [6, 6.07) is 0. The van der Waals surface area contributed by atoms with Gasteiger partial charge in [0.15, 0.2) is 0 Å². The van der Waals surface area contributed by atoms with Crippen molar-refractivity contribution in [3.05, 3.63) is 5.92 Å². The molecule has 1 unspecified atom stereocenters. The summed E-state index contributed by atoms with van der Waals surface area (Å²) in [6.45, 7) is 6.88. The molecule has 0 nitrogen and oxygen atoms in total. The van der Waals surface area contributed by atoms with Crippen molar-refractivity contribution in [1.29, 1.82) is 0 Å². The maximum atomic E-state index is 2.32. The second-order valence-electron chi connectivity index (χ2n) is 2.86. The smallest absolute Gasteiger partial charge is 0 e. The molecule has 2 atom stereocenters. The molecule has 0 aromatic carbocycles. The van der Waals surface area contributed by atoms with Gasteiger partial charge in [0.05, 0.1) is 0 Å². The van der Waals surface area contributed by atoms with Gasteiger partial charge in [0, 0.05) is 32.7 Å². The minimum Gasteiger partial charge on any atom is -0.303 e. The molecule has 1 radical (unpaired) electrons. The van der Waals surface area contributed by atoms with Crippen molar-refractivity contribution in [2.75, 3.05) is 0 Å². The van der Waals surface area contributed by atoms with Crippen LogP contribution in [0, 0.1) is 5.92 Å². The van der Waals surface area contributed by atoms with Gasteiger partial charge in [-0.25, -0.2) is 0 Å². The number of rotatable bonds is 1. The Kier molecular flexibility index (Phi) is 5.91. The molecule has 0 spiro atoms. The van der Waals surface area contributed by atoms with Crippen molar-refractivity contribution in [2.24, 2.45) is 0 Å². The summed E-state index contributed by atoms with van der Waals surface area (Å²) in [6.07, 6.45) is 2.70. The van der Waals surface area contributed by atoms with Crippen LogP contribution in [0.2, 0.25) is 0 Å². The maximum Gasteiger partial charge on any atom is 0 e. The van der Waals surface area contributed by atoms with Crippen LogP contribution >= 0.6 is 11.8 Å². The minimum atomic E-state index is 0. The van der Waals surface area contributed by atoms with E-state index in [4.69, 9.17) is 0 Å². The molecule has 0 amide bonds. The Morgan fingerprint density at radius 3 is 2.40 bits per heavy atom. The molecule has 0 aromatic heterocycles. The quantitative estimate of drug-likeness (QED) is 0.626. The number of hydrogen-bond donors (Lipinski definition) is 0. The fourth-order valence-electron chi connectivity index (χ4n) is 1.22. The third-order valence-corrected chi connectivity index (χ3v) is 3.79. The molecule has 0 saturated carbocycles. The first-order valence-corrected chi connectivity index (χ1v) is 4.66. The van der Waals surface area contributed by atoms with Gasteiger partial charge in [0.25, 0.3) is 0 Å². The van der Waals surface area contributed by atoms with Crippen LogP contribution in [-0.4, -0.2) is 10.5 Å². The van der Waals surface area contributed by atoms with Crippen LogP contribution in [0.25, 0.3) is 0 Å². The Morgan fingerprint density at radius 1 is 1.60 bits per heavy atom. The van der Waals surface area contributed by atoms with Crippen LogP contribution in [0.3, 0.4) is 0 Å². The fourth-order valence-corrected chi connectivity index (χ4v) is 2.68. The zero-order valence-corrected chi connectivity index (χ0v) is 10.7. The van der Waals surface area contributed by atoms with Crippen LogP contribution in [0.4, 0.5) is 0 Å². The van der Waals surface area contributed by atoms with Gasteiger partial charge in [-0.3, -0.25) is 0 Å². The van der Waals surface area contributed by atoms with Crippen molar-refractivity contribution >= 4 is 11.8 Å². The van der Waals surface area contributed by atoms with Gasteiger partial charge >= 0.3 is 0 Å². The minimum absolute atomic E-state index is 0. The molecular formula is C8H15SY-. The van der Waals surface area contributed by atoms with E-state index >= 15 is 0 Å². The van der Waals surface area contributed by atoms with Gasteiger partial charge in [-0.05, 0) is 11.7 Å². The Labute approximate surface area is 93.8 Å². The van der Waals surface area contributed by atoms with Crippen molar-refractivity contribution in [3.8, 4) is 0 Å². The summed E-state index contributed by atoms with van der Waals surface area (Å²) in [7, 11) is 0. The van der Waals surface area contributed by atoms with E-state index in [2.05, 4.69) is 32.5 Å². The molecule has 0 N–H and O–H groups in total. The molecule has 1 heterocycles. The molecule has 1 aliphatic heterocycles. The van der Waals surface area contributed by atoms with Crippen LogP contribution < -0.4 is 0 Å². The first kappa shape index (κ1) is 11.5. The van der Waals surface area contributed by atoms with Crippen molar-refractivity contribution in [2.45, 2.75) is 44.1 Å².